The van der Waals surface area contributed by atoms with Gasteiger partial charge in [-0.25, -0.2) is 4.98 Å². The van der Waals surface area contributed by atoms with Crippen LogP contribution in [-0.2, 0) is 6.42 Å². The smallest absolute Gasteiger partial charge is 0.194 e. The predicted octanol–water partition coefficient (Wildman–Crippen LogP) is 2.82. The monoisotopic (exact) mass is 302 g/mol. The highest BCUT2D eigenvalue weighted by Gasteiger charge is 2.10. The van der Waals surface area contributed by atoms with E-state index in [1.807, 2.05) is 28.8 Å². The van der Waals surface area contributed by atoms with Gasteiger partial charge in [0.15, 0.2) is 22.7 Å². The summed E-state index contributed by atoms with van der Waals surface area (Å²) in [6, 6.07) is 5.86. The number of ether oxygens (including phenoxy) is 2. The lowest BCUT2D eigenvalue weighted by Gasteiger charge is -2.08. The molecule has 0 amide bonds. The van der Waals surface area contributed by atoms with Crippen molar-refractivity contribution in [2.24, 2.45) is 0 Å². The van der Waals surface area contributed by atoms with Gasteiger partial charge in [0.1, 0.15) is 5.69 Å². The van der Waals surface area contributed by atoms with Crippen LogP contribution in [0.3, 0.4) is 0 Å². The van der Waals surface area contributed by atoms with E-state index < -0.39 is 0 Å². The highest BCUT2D eigenvalue weighted by molar-refractivity contribution is 7.17. The Morgan fingerprint density at radius 1 is 1.29 bits per heavy atom. The third-order valence-corrected chi connectivity index (χ3v) is 4.23. The molecule has 108 valence electrons. The molecule has 0 spiro atoms. The van der Waals surface area contributed by atoms with Gasteiger partial charge >= 0.3 is 0 Å². The minimum absolute atomic E-state index is 0.569. The maximum atomic E-state index is 10.9. The maximum Gasteiger partial charge on any atom is 0.194 e. The molecular formula is C15H14N2O3S. The van der Waals surface area contributed by atoms with Crippen molar-refractivity contribution in [1.29, 1.82) is 0 Å². The highest BCUT2D eigenvalue weighted by atomic mass is 32.1. The Morgan fingerprint density at radius 2 is 2.10 bits per heavy atom. The van der Waals surface area contributed by atoms with Gasteiger partial charge in [0.05, 0.1) is 20.4 Å². The molecule has 0 saturated carbocycles. The fraction of sp³-hybridized carbons (Fsp3) is 0.200. The van der Waals surface area contributed by atoms with E-state index in [1.54, 1.807) is 31.8 Å². The van der Waals surface area contributed by atoms with Gasteiger partial charge in [-0.1, -0.05) is 6.07 Å². The summed E-state index contributed by atoms with van der Waals surface area (Å²) in [7, 11) is 3.24. The largest absolute Gasteiger partial charge is 0.493 e. The minimum atomic E-state index is 0.569. The van der Waals surface area contributed by atoms with Crippen molar-refractivity contribution in [3.8, 4) is 11.5 Å². The molecule has 21 heavy (non-hydrogen) atoms. The molecule has 0 atom stereocenters. The quantitative estimate of drug-likeness (QED) is 0.680. The van der Waals surface area contributed by atoms with Gasteiger partial charge in [-0.15, -0.1) is 11.3 Å². The van der Waals surface area contributed by atoms with Crippen LogP contribution in [0.25, 0.3) is 4.96 Å². The summed E-state index contributed by atoms with van der Waals surface area (Å²) in [6.07, 6.45) is 5.10. The van der Waals surface area contributed by atoms with Crippen LogP contribution in [0, 0.1) is 0 Å². The van der Waals surface area contributed by atoms with Crippen molar-refractivity contribution < 1.29 is 14.3 Å². The van der Waals surface area contributed by atoms with Gasteiger partial charge in [-0.3, -0.25) is 9.20 Å². The van der Waals surface area contributed by atoms with Crippen LogP contribution in [0.4, 0.5) is 0 Å². The number of aromatic nitrogens is 2. The second-order valence-electron chi connectivity index (χ2n) is 4.52. The molecule has 2 aromatic heterocycles. The topological polar surface area (TPSA) is 52.8 Å². The Morgan fingerprint density at radius 3 is 2.81 bits per heavy atom. The van der Waals surface area contributed by atoms with Gasteiger partial charge in [-0.05, 0) is 17.7 Å². The standard InChI is InChI=1S/C15H14N2O3S/c1-19-13-4-3-10(6-14(13)20-2)5-12-8-17-11(9-18)7-16-15(17)21-12/h3-4,6-9H,5H2,1-2H3. The number of methoxy groups -OCH3 is 2. The van der Waals surface area contributed by atoms with Crippen LogP contribution in [-0.4, -0.2) is 29.9 Å². The molecule has 0 aliphatic rings. The first kappa shape index (κ1) is 13.6. The third-order valence-electron chi connectivity index (χ3n) is 3.23. The molecule has 0 N–H and O–H groups in total. The molecule has 2 heterocycles. The van der Waals surface area contributed by atoms with Crippen LogP contribution in [0.15, 0.2) is 30.6 Å². The second-order valence-corrected chi connectivity index (χ2v) is 5.61. The number of rotatable bonds is 5. The SMILES string of the molecule is COc1ccc(Cc2cn3c(C=O)cnc3s2)cc1OC. The normalized spacial score (nSPS) is 10.8. The minimum Gasteiger partial charge on any atom is -0.493 e. The van der Waals surface area contributed by atoms with E-state index in [1.165, 1.54) is 0 Å². The Hall–Kier alpha value is -2.34. The van der Waals surface area contributed by atoms with E-state index in [0.717, 1.165) is 28.1 Å². The number of aldehydes is 1. The molecule has 6 heteroatoms. The predicted molar refractivity (Wildman–Crippen MR) is 80.8 cm³/mol. The molecule has 1 aromatic carbocycles. The summed E-state index contributed by atoms with van der Waals surface area (Å²) in [4.78, 5) is 17.1. The molecule has 0 fully saturated rings. The number of imidazole rings is 1. The van der Waals surface area contributed by atoms with Crippen LogP contribution in [0.2, 0.25) is 0 Å². The van der Waals surface area contributed by atoms with Gasteiger partial charge < -0.3 is 9.47 Å². The Balaban J connectivity index is 1.90. The van der Waals surface area contributed by atoms with Gasteiger partial charge in [0.25, 0.3) is 0 Å². The van der Waals surface area contributed by atoms with Crippen LogP contribution < -0.4 is 9.47 Å². The Bertz CT molecular complexity index is 791. The molecular weight excluding hydrogens is 288 g/mol. The van der Waals surface area contributed by atoms with Crippen molar-refractivity contribution in [2.75, 3.05) is 14.2 Å². The average Bonchev–Trinajstić information content (AvgIpc) is 3.06. The molecule has 0 unspecified atom stereocenters. The van der Waals surface area contributed by atoms with Crippen molar-refractivity contribution in [1.82, 2.24) is 9.38 Å². The number of benzene rings is 1. The number of carbonyl (C=O) groups is 1. The summed E-state index contributed by atoms with van der Waals surface area (Å²) < 4.78 is 12.4. The first-order valence-corrected chi connectivity index (χ1v) is 7.18. The van der Waals surface area contributed by atoms with Crippen LogP contribution in [0.1, 0.15) is 20.9 Å². The summed E-state index contributed by atoms with van der Waals surface area (Å²) in [5.74, 6) is 1.43. The van der Waals surface area contributed by atoms with E-state index >= 15 is 0 Å². The van der Waals surface area contributed by atoms with E-state index in [-0.39, 0.29) is 0 Å². The zero-order chi connectivity index (χ0) is 14.8. The van der Waals surface area contributed by atoms with Gasteiger partial charge in [-0.2, -0.15) is 0 Å². The zero-order valence-electron chi connectivity index (χ0n) is 11.7. The maximum absolute atomic E-state index is 10.9. The summed E-state index contributed by atoms with van der Waals surface area (Å²) in [5, 5.41) is 0. The van der Waals surface area contributed by atoms with Gasteiger partial charge in [0.2, 0.25) is 0 Å². The molecule has 0 radical (unpaired) electrons. The summed E-state index contributed by atoms with van der Waals surface area (Å²) in [5.41, 5.74) is 1.68. The van der Waals surface area contributed by atoms with Gasteiger partial charge in [0, 0.05) is 17.5 Å². The number of carbonyl (C=O) groups excluding carboxylic acids is 1. The third kappa shape index (κ3) is 2.50. The van der Waals surface area contributed by atoms with E-state index in [0.29, 0.717) is 17.2 Å². The van der Waals surface area contributed by atoms with Crippen LogP contribution in [0.5, 0.6) is 11.5 Å². The Kier molecular flexibility index (Phi) is 3.62. The zero-order valence-corrected chi connectivity index (χ0v) is 12.5. The van der Waals surface area contributed by atoms with Crippen molar-refractivity contribution in [3.63, 3.8) is 0 Å². The van der Waals surface area contributed by atoms with Crippen molar-refractivity contribution in [3.05, 3.63) is 46.7 Å². The molecule has 0 saturated heterocycles. The molecule has 0 aliphatic carbocycles. The number of fused-ring (bicyclic) bond motifs is 1. The molecule has 0 aliphatic heterocycles. The molecule has 3 aromatic rings. The van der Waals surface area contributed by atoms with E-state index in [2.05, 4.69) is 4.98 Å². The average molecular weight is 302 g/mol. The number of hydrogen-bond donors (Lipinski definition) is 0. The lowest BCUT2D eigenvalue weighted by Crippen LogP contribution is -1.93. The number of hydrogen-bond acceptors (Lipinski definition) is 5. The lowest BCUT2D eigenvalue weighted by atomic mass is 10.1. The Labute approximate surface area is 125 Å². The summed E-state index contributed by atoms with van der Waals surface area (Å²) >= 11 is 1.57. The number of thiazole rings is 1. The number of nitrogens with zero attached hydrogens (tertiary/aromatic N) is 2. The van der Waals surface area contributed by atoms with Crippen molar-refractivity contribution in [2.45, 2.75) is 6.42 Å². The van der Waals surface area contributed by atoms with E-state index in [9.17, 15) is 4.79 Å². The first-order chi connectivity index (χ1) is 10.2. The molecule has 3 rings (SSSR count). The summed E-state index contributed by atoms with van der Waals surface area (Å²) in [6.45, 7) is 0. The van der Waals surface area contributed by atoms with E-state index in [4.69, 9.17) is 9.47 Å². The van der Waals surface area contributed by atoms with Crippen LogP contribution >= 0.6 is 11.3 Å². The first-order valence-electron chi connectivity index (χ1n) is 6.37. The van der Waals surface area contributed by atoms with Crippen molar-refractivity contribution >= 4 is 22.6 Å². The molecule has 5 nitrogen and oxygen atoms in total. The molecule has 0 bridgehead atoms. The fourth-order valence-corrected chi connectivity index (χ4v) is 3.20. The highest BCUT2D eigenvalue weighted by Crippen LogP contribution is 2.29. The second kappa shape index (κ2) is 5.57. The fourth-order valence-electron chi connectivity index (χ4n) is 2.21. The lowest BCUT2D eigenvalue weighted by molar-refractivity contribution is 0.111.